The molecule has 0 bridgehead atoms. The molecule has 5 nitrogen and oxygen atoms in total. The number of aromatic nitrogens is 1. The van der Waals surface area contributed by atoms with Crippen molar-refractivity contribution in [2.75, 3.05) is 0 Å². The monoisotopic (exact) mass is 326 g/mol. The highest BCUT2D eigenvalue weighted by molar-refractivity contribution is 5.76. The van der Waals surface area contributed by atoms with Crippen LogP contribution in [0.1, 0.15) is 36.6 Å². The van der Waals surface area contributed by atoms with Crippen molar-refractivity contribution in [2.24, 2.45) is 5.92 Å². The Morgan fingerprint density at radius 2 is 1.96 bits per heavy atom. The van der Waals surface area contributed by atoms with Gasteiger partial charge in [0.25, 0.3) is 0 Å². The number of nitrogens with one attached hydrogen (secondary N) is 1. The second-order valence-electron chi connectivity index (χ2n) is 6.35. The maximum absolute atomic E-state index is 12.3. The Morgan fingerprint density at radius 1 is 1.21 bits per heavy atom. The molecule has 1 amide bonds. The zero-order valence-corrected chi connectivity index (χ0v) is 13.4. The van der Waals surface area contributed by atoms with Gasteiger partial charge in [0.05, 0.1) is 17.8 Å². The van der Waals surface area contributed by atoms with Crippen LogP contribution in [0, 0.1) is 5.92 Å². The molecule has 3 rings (SSSR count). The predicted octanol–water partition coefficient (Wildman–Crippen LogP) is 2.35. The van der Waals surface area contributed by atoms with E-state index in [0.29, 0.717) is 25.7 Å². The number of aliphatic hydroxyl groups excluding tert-OH is 1. The van der Waals surface area contributed by atoms with Crippen LogP contribution in [-0.4, -0.2) is 27.2 Å². The molecule has 3 N–H and O–H groups in total. The van der Waals surface area contributed by atoms with Gasteiger partial charge in [-0.1, -0.05) is 18.2 Å². The van der Waals surface area contributed by atoms with Gasteiger partial charge in [0.15, 0.2) is 0 Å². The number of carbonyl (C=O) groups is 1. The number of rotatable bonds is 6. The van der Waals surface area contributed by atoms with Crippen molar-refractivity contribution in [1.82, 2.24) is 10.3 Å². The smallest absolute Gasteiger partial charge is 0.220 e. The van der Waals surface area contributed by atoms with E-state index in [9.17, 15) is 15.0 Å². The predicted molar refractivity (Wildman–Crippen MR) is 90.3 cm³/mol. The Bertz CT molecular complexity index is 667. The largest absolute Gasteiger partial charge is 0.508 e. The number of aromatic hydroxyl groups is 1. The van der Waals surface area contributed by atoms with E-state index in [2.05, 4.69) is 10.3 Å². The van der Waals surface area contributed by atoms with Gasteiger partial charge in [0.2, 0.25) is 5.91 Å². The van der Waals surface area contributed by atoms with Crippen molar-refractivity contribution < 1.29 is 15.0 Å². The second-order valence-corrected chi connectivity index (χ2v) is 6.35. The molecule has 0 unspecified atom stereocenters. The normalized spacial score (nSPS) is 20.9. The van der Waals surface area contributed by atoms with Crippen LogP contribution in [-0.2, 0) is 11.2 Å². The van der Waals surface area contributed by atoms with E-state index in [4.69, 9.17) is 0 Å². The highest BCUT2D eigenvalue weighted by Crippen LogP contribution is 2.37. The van der Waals surface area contributed by atoms with Gasteiger partial charge in [0, 0.05) is 12.6 Å². The van der Waals surface area contributed by atoms with Crippen LogP contribution < -0.4 is 5.32 Å². The van der Waals surface area contributed by atoms with E-state index in [0.717, 1.165) is 11.3 Å². The minimum Gasteiger partial charge on any atom is -0.508 e. The molecule has 1 aromatic carbocycles. The summed E-state index contributed by atoms with van der Waals surface area (Å²) in [6.45, 7) is 0. The molecule has 0 spiro atoms. The number of phenols is 1. The van der Waals surface area contributed by atoms with Gasteiger partial charge in [-0.05, 0) is 55.0 Å². The molecular weight excluding hydrogens is 304 g/mol. The van der Waals surface area contributed by atoms with E-state index in [-0.39, 0.29) is 29.7 Å². The molecule has 1 fully saturated rings. The summed E-state index contributed by atoms with van der Waals surface area (Å²) in [4.78, 5) is 16.7. The summed E-state index contributed by atoms with van der Waals surface area (Å²) < 4.78 is 0. The lowest BCUT2D eigenvalue weighted by atomic mass is 9.76. The Kier molecular flexibility index (Phi) is 5.11. The number of aryl methyl sites for hydroxylation is 1. The summed E-state index contributed by atoms with van der Waals surface area (Å²) in [5.74, 6) is 0.426. The number of phenolic OH excluding ortho intramolecular Hbond substituents is 1. The van der Waals surface area contributed by atoms with Gasteiger partial charge < -0.3 is 15.5 Å². The van der Waals surface area contributed by atoms with Crippen molar-refractivity contribution in [3.05, 3.63) is 59.9 Å². The summed E-state index contributed by atoms with van der Waals surface area (Å²) in [5, 5.41) is 21.9. The molecule has 0 aliphatic heterocycles. The highest BCUT2D eigenvalue weighted by atomic mass is 16.3. The van der Waals surface area contributed by atoms with Crippen LogP contribution in [0.2, 0.25) is 0 Å². The fraction of sp³-hybridized carbons (Fsp3) is 0.368. The first-order valence-electron chi connectivity index (χ1n) is 8.28. The number of hydrogen-bond donors (Lipinski definition) is 3. The molecule has 1 aliphatic rings. The molecule has 126 valence electrons. The molecule has 1 heterocycles. The Morgan fingerprint density at radius 3 is 2.58 bits per heavy atom. The van der Waals surface area contributed by atoms with Crippen LogP contribution in [0.25, 0.3) is 0 Å². The molecule has 1 saturated carbocycles. The molecule has 0 saturated heterocycles. The van der Waals surface area contributed by atoms with Crippen molar-refractivity contribution in [1.29, 1.82) is 0 Å². The van der Waals surface area contributed by atoms with Crippen molar-refractivity contribution in [3.63, 3.8) is 0 Å². The van der Waals surface area contributed by atoms with Crippen molar-refractivity contribution in [3.8, 4) is 5.75 Å². The maximum atomic E-state index is 12.3. The lowest BCUT2D eigenvalue weighted by Gasteiger charge is -2.37. The van der Waals surface area contributed by atoms with E-state index in [1.165, 1.54) is 0 Å². The van der Waals surface area contributed by atoms with Gasteiger partial charge in [-0.3, -0.25) is 9.78 Å². The third kappa shape index (κ3) is 4.11. The standard InChI is InChI=1S/C19H22N2O3/c22-15-7-4-13(5-8-15)6-9-18(24)21-19(14-11-16(23)12-14)17-3-1-2-10-20-17/h1-5,7-8,10,14,16,19,22-23H,6,9,11-12H2,(H,21,24)/t14?,16?,19-/m0/s1. The molecule has 24 heavy (non-hydrogen) atoms. The number of aliphatic hydroxyl groups is 1. The first kappa shape index (κ1) is 16.5. The number of pyridine rings is 1. The number of nitrogens with zero attached hydrogens (tertiary/aromatic N) is 1. The van der Waals surface area contributed by atoms with E-state index in [1.807, 2.05) is 30.3 Å². The van der Waals surface area contributed by atoms with Gasteiger partial charge >= 0.3 is 0 Å². The summed E-state index contributed by atoms with van der Waals surface area (Å²) >= 11 is 0. The Balaban J connectivity index is 1.59. The summed E-state index contributed by atoms with van der Waals surface area (Å²) in [5.41, 5.74) is 1.85. The molecule has 2 aromatic rings. The number of hydrogen-bond acceptors (Lipinski definition) is 4. The Hall–Kier alpha value is -2.40. The number of amides is 1. The van der Waals surface area contributed by atoms with Crippen LogP contribution >= 0.6 is 0 Å². The fourth-order valence-electron chi connectivity index (χ4n) is 3.06. The van der Waals surface area contributed by atoms with Crippen LogP contribution in [0.3, 0.4) is 0 Å². The van der Waals surface area contributed by atoms with Gasteiger partial charge in [-0.15, -0.1) is 0 Å². The zero-order valence-electron chi connectivity index (χ0n) is 13.4. The molecule has 5 heteroatoms. The van der Waals surface area contributed by atoms with E-state index in [1.54, 1.807) is 18.3 Å². The maximum Gasteiger partial charge on any atom is 0.220 e. The third-order valence-electron chi connectivity index (χ3n) is 4.52. The average Bonchev–Trinajstić information content (AvgIpc) is 2.57. The molecule has 1 aromatic heterocycles. The summed E-state index contributed by atoms with van der Waals surface area (Å²) in [6.07, 6.45) is 3.84. The van der Waals surface area contributed by atoms with Crippen LogP contribution in [0.15, 0.2) is 48.7 Å². The van der Waals surface area contributed by atoms with Crippen LogP contribution in [0.4, 0.5) is 0 Å². The SMILES string of the molecule is O=C(CCc1ccc(O)cc1)N[C@H](c1ccccn1)C1CC(O)C1. The first-order valence-corrected chi connectivity index (χ1v) is 8.28. The first-order chi connectivity index (χ1) is 11.6. The zero-order chi connectivity index (χ0) is 16.9. The lowest BCUT2D eigenvalue weighted by molar-refractivity contribution is -0.123. The van der Waals surface area contributed by atoms with E-state index < -0.39 is 0 Å². The van der Waals surface area contributed by atoms with Gasteiger partial charge in [-0.2, -0.15) is 0 Å². The van der Waals surface area contributed by atoms with Crippen molar-refractivity contribution in [2.45, 2.75) is 37.8 Å². The number of benzene rings is 1. The molecule has 1 aliphatic carbocycles. The minimum atomic E-state index is -0.268. The second kappa shape index (κ2) is 7.45. The average molecular weight is 326 g/mol. The van der Waals surface area contributed by atoms with Crippen LogP contribution in [0.5, 0.6) is 5.75 Å². The fourth-order valence-corrected chi connectivity index (χ4v) is 3.06. The number of carbonyl (C=O) groups excluding carboxylic acids is 1. The molecule has 0 radical (unpaired) electrons. The van der Waals surface area contributed by atoms with Gasteiger partial charge in [-0.25, -0.2) is 0 Å². The van der Waals surface area contributed by atoms with Crippen molar-refractivity contribution >= 4 is 5.91 Å². The van der Waals surface area contributed by atoms with E-state index >= 15 is 0 Å². The minimum absolute atomic E-state index is 0.0277. The Labute approximate surface area is 141 Å². The third-order valence-corrected chi connectivity index (χ3v) is 4.52. The lowest BCUT2D eigenvalue weighted by Crippen LogP contribution is -2.41. The summed E-state index contributed by atoms with van der Waals surface area (Å²) in [7, 11) is 0. The van der Waals surface area contributed by atoms with Gasteiger partial charge in [0.1, 0.15) is 5.75 Å². The molecule has 1 atom stereocenters. The topological polar surface area (TPSA) is 82.5 Å². The molecular formula is C19H22N2O3. The highest BCUT2D eigenvalue weighted by Gasteiger charge is 2.36. The summed E-state index contributed by atoms with van der Waals surface area (Å²) in [6, 6.07) is 12.4. The quantitative estimate of drug-likeness (QED) is 0.761.